The molecule has 2 heterocycles. The van der Waals surface area contributed by atoms with Crippen LogP contribution in [0.2, 0.25) is 0 Å². The van der Waals surface area contributed by atoms with Gasteiger partial charge in [0.2, 0.25) is 5.78 Å². The molecule has 0 aliphatic carbocycles. The molecule has 27 heavy (non-hydrogen) atoms. The Morgan fingerprint density at radius 1 is 1.15 bits per heavy atom. The molecular weight excluding hydrogens is 346 g/mol. The van der Waals surface area contributed by atoms with Crippen molar-refractivity contribution in [2.45, 2.75) is 12.6 Å². The molecule has 1 aliphatic rings. The van der Waals surface area contributed by atoms with E-state index in [1.54, 1.807) is 30.6 Å². The van der Waals surface area contributed by atoms with Gasteiger partial charge in [-0.15, -0.1) is 0 Å². The molecule has 1 aliphatic heterocycles. The summed E-state index contributed by atoms with van der Waals surface area (Å²) in [5, 5.41) is 5.48. The molecule has 1 amide bonds. The van der Waals surface area contributed by atoms with Crippen molar-refractivity contribution in [3.05, 3.63) is 83.8 Å². The van der Waals surface area contributed by atoms with Gasteiger partial charge < -0.3 is 10.1 Å². The maximum atomic E-state index is 12.1. The number of hydrogen-bond donors (Lipinski definition) is 2. The molecule has 0 saturated heterocycles. The number of aromatic nitrogens is 1. The van der Waals surface area contributed by atoms with Crippen LogP contribution >= 0.6 is 0 Å². The number of Topliss-reactive ketones (excluding diaryl/α,β-unsaturated/α-hetero) is 1. The third-order valence-corrected chi connectivity index (χ3v) is 3.87. The zero-order valence-electron chi connectivity index (χ0n) is 14.3. The maximum absolute atomic E-state index is 12.1. The zero-order valence-corrected chi connectivity index (χ0v) is 14.3. The first kappa shape index (κ1) is 18.1. The number of ketones is 1. The quantitative estimate of drug-likeness (QED) is 0.602. The summed E-state index contributed by atoms with van der Waals surface area (Å²) in [6.07, 6.45) is 6.02. The van der Waals surface area contributed by atoms with Crippen molar-refractivity contribution in [1.29, 1.82) is 0 Å². The first-order valence-electron chi connectivity index (χ1n) is 8.23. The Balaban J connectivity index is 1.71. The van der Waals surface area contributed by atoms with E-state index >= 15 is 0 Å². The van der Waals surface area contributed by atoms with Gasteiger partial charge in [0.25, 0.3) is 0 Å². The summed E-state index contributed by atoms with van der Waals surface area (Å²) in [5.74, 6) is -0.709. The lowest BCUT2D eigenvalue weighted by Gasteiger charge is -2.25. The largest absolute Gasteiger partial charge is 0.444 e. The highest BCUT2D eigenvalue weighted by molar-refractivity contribution is 6.28. The monoisotopic (exact) mass is 363 g/mol. The fraction of sp³-hybridized carbons (Fsp3) is 0.100. The minimum Gasteiger partial charge on any atom is -0.444 e. The van der Waals surface area contributed by atoms with Gasteiger partial charge in [0.15, 0.2) is 6.29 Å². The van der Waals surface area contributed by atoms with Gasteiger partial charge in [-0.05, 0) is 29.8 Å². The number of carbonyl (C=O) groups excluding carboxylic acids is 3. The molecular formula is C20H17N3O4. The Labute approximate surface area is 155 Å². The number of aldehydes is 1. The summed E-state index contributed by atoms with van der Waals surface area (Å²) >= 11 is 0. The predicted octanol–water partition coefficient (Wildman–Crippen LogP) is 1.97. The molecule has 1 aromatic carbocycles. The van der Waals surface area contributed by atoms with Gasteiger partial charge in [0.05, 0.1) is 5.70 Å². The first-order valence-corrected chi connectivity index (χ1v) is 8.23. The van der Waals surface area contributed by atoms with Crippen LogP contribution in [0.25, 0.3) is 5.70 Å². The lowest BCUT2D eigenvalue weighted by Crippen LogP contribution is -2.45. The molecule has 7 heteroatoms. The second-order valence-corrected chi connectivity index (χ2v) is 5.73. The molecule has 2 N–H and O–H groups in total. The number of amides is 1. The van der Waals surface area contributed by atoms with E-state index in [-0.39, 0.29) is 18.6 Å². The van der Waals surface area contributed by atoms with Crippen LogP contribution < -0.4 is 10.6 Å². The Hall–Kier alpha value is -3.74. The fourth-order valence-corrected chi connectivity index (χ4v) is 2.54. The molecule has 0 saturated carbocycles. The molecule has 0 spiro atoms. The first-order chi connectivity index (χ1) is 13.2. The number of carbonyl (C=O) groups is 3. The molecule has 0 fully saturated rings. The van der Waals surface area contributed by atoms with Crippen molar-refractivity contribution in [2.24, 2.45) is 0 Å². The molecule has 2 aromatic rings. The average molecular weight is 363 g/mol. The van der Waals surface area contributed by atoms with E-state index in [4.69, 9.17) is 4.74 Å². The number of pyridine rings is 1. The number of benzene rings is 1. The third kappa shape index (κ3) is 4.66. The van der Waals surface area contributed by atoms with Crippen molar-refractivity contribution >= 4 is 23.9 Å². The zero-order chi connectivity index (χ0) is 19.1. The summed E-state index contributed by atoms with van der Waals surface area (Å²) in [5.41, 5.74) is 2.44. The lowest BCUT2D eigenvalue weighted by molar-refractivity contribution is -0.130. The van der Waals surface area contributed by atoms with Crippen LogP contribution in [0.15, 0.2) is 72.7 Å². The molecule has 1 unspecified atom stereocenters. The van der Waals surface area contributed by atoms with E-state index in [9.17, 15) is 14.4 Å². The summed E-state index contributed by atoms with van der Waals surface area (Å²) in [7, 11) is 0. The second kappa shape index (κ2) is 8.57. The molecule has 0 bridgehead atoms. The Morgan fingerprint density at radius 2 is 1.96 bits per heavy atom. The number of hydrogen-bond acceptors (Lipinski definition) is 6. The molecule has 1 atom stereocenters. The van der Waals surface area contributed by atoms with Crippen LogP contribution in [0.3, 0.4) is 0 Å². The van der Waals surface area contributed by atoms with Gasteiger partial charge in [-0.25, -0.2) is 4.79 Å². The SMILES string of the molecule is O=CC(=O)C1NC(c2cccnc2)=CC=C1NC(=O)OCc1ccccc1. The van der Waals surface area contributed by atoms with Crippen LogP contribution in [0.4, 0.5) is 4.79 Å². The number of rotatable bonds is 6. The van der Waals surface area contributed by atoms with Crippen LogP contribution in [-0.2, 0) is 20.9 Å². The summed E-state index contributed by atoms with van der Waals surface area (Å²) in [6.45, 7) is 0.0937. The van der Waals surface area contributed by atoms with Crippen LogP contribution in [-0.4, -0.2) is 29.2 Å². The van der Waals surface area contributed by atoms with Gasteiger partial charge in [-0.1, -0.05) is 30.3 Å². The van der Waals surface area contributed by atoms with E-state index in [1.165, 1.54) is 0 Å². The number of allylic oxidation sites excluding steroid dienone is 2. The minimum absolute atomic E-state index is 0.0937. The third-order valence-electron chi connectivity index (χ3n) is 3.87. The van der Waals surface area contributed by atoms with Crippen LogP contribution in [0.5, 0.6) is 0 Å². The van der Waals surface area contributed by atoms with Crippen molar-refractivity contribution in [1.82, 2.24) is 15.6 Å². The van der Waals surface area contributed by atoms with E-state index in [1.807, 2.05) is 36.4 Å². The smallest absolute Gasteiger partial charge is 0.411 e. The number of ether oxygens (including phenoxy) is 1. The average Bonchev–Trinajstić information content (AvgIpc) is 2.73. The fourth-order valence-electron chi connectivity index (χ4n) is 2.54. The van der Waals surface area contributed by atoms with Gasteiger partial charge in [0, 0.05) is 23.7 Å². The van der Waals surface area contributed by atoms with E-state index < -0.39 is 17.9 Å². The van der Waals surface area contributed by atoms with Crippen molar-refractivity contribution in [2.75, 3.05) is 0 Å². The standard InChI is InChI=1S/C20H17N3O4/c24-12-18(25)19-17(9-8-16(22-19)15-7-4-10-21-11-15)23-20(26)27-13-14-5-2-1-3-6-14/h1-12,19,22H,13H2,(H,23,26). The van der Waals surface area contributed by atoms with Gasteiger partial charge in [0.1, 0.15) is 12.6 Å². The van der Waals surface area contributed by atoms with Crippen LogP contribution in [0, 0.1) is 0 Å². The van der Waals surface area contributed by atoms with Crippen molar-refractivity contribution in [3.63, 3.8) is 0 Å². The number of nitrogens with zero attached hydrogens (tertiary/aromatic N) is 1. The molecule has 136 valence electrons. The van der Waals surface area contributed by atoms with E-state index in [0.29, 0.717) is 5.70 Å². The Kier molecular flexibility index (Phi) is 5.73. The molecule has 3 rings (SSSR count). The minimum atomic E-state index is -1.01. The van der Waals surface area contributed by atoms with Gasteiger partial charge >= 0.3 is 6.09 Å². The Morgan fingerprint density at radius 3 is 2.67 bits per heavy atom. The van der Waals surface area contributed by atoms with Gasteiger partial charge in [-0.2, -0.15) is 0 Å². The van der Waals surface area contributed by atoms with Crippen molar-refractivity contribution in [3.8, 4) is 0 Å². The highest BCUT2D eigenvalue weighted by Crippen LogP contribution is 2.18. The summed E-state index contributed by atoms with van der Waals surface area (Å²) in [6, 6.07) is 11.8. The van der Waals surface area contributed by atoms with Crippen molar-refractivity contribution < 1.29 is 19.1 Å². The second-order valence-electron chi connectivity index (χ2n) is 5.73. The topological polar surface area (TPSA) is 97.4 Å². The number of dihydropyridines is 1. The Bertz CT molecular complexity index is 892. The van der Waals surface area contributed by atoms with Gasteiger partial charge in [-0.3, -0.25) is 19.9 Å². The van der Waals surface area contributed by atoms with E-state index in [2.05, 4.69) is 15.6 Å². The number of alkyl carbamates (subject to hydrolysis) is 1. The number of nitrogens with one attached hydrogen (secondary N) is 2. The highest BCUT2D eigenvalue weighted by atomic mass is 16.5. The predicted molar refractivity (Wildman–Crippen MR) is 98.1 cm³/mol. The summed E-state index contributed by atoms with van der Waals surface area (Å²) < 4.78 is 5.16. The maximum Gasteiger partial charge on any atom is 0.411 e. The molecule has 1 aromatic heterocycles. The van der Waals surface area contributed by atoms with Crippen LogP contribution in [0.1, 0.15) is 11.1 Å². The lowest BCUT2D eigenvalue weighted by atomic mass is 10.0. The molecule has 0 radical (unpaired) electrons. The summed E-state index contributed by atoms with van der Waals surface area (Å²) in [4.78, 5) is 39.1. The highest BCUT2D eigenvalue weighted by Gasteiger charge is 2.27. The normalized spacial score (nSPS) is 15.6. The van der Waals surface area contributed by atoms with E-state index in [0.717, 1.165) is 11.1 Å². The molecule has 7 nitrogen and oxygen atoms in total.